The lowest BCUT2D eigenvalue weighted by atomic mass is 10.2. The van der Waals surface area contributed by atoms with Crippen LogP contribution in [0.5, 0.6) is 0 Å². The number of rotatable bonds is 1. The fourth-order valence-corrected chi connectivity index (χ4v) is 1.06. The third kappa shape index (κ3) is 1.38. The summed E-state index contributed by atoms with van der Waals surface area (Å²) >= 11 is 0. The molecule has 1 saturated heterocycles. The maximum absolute atomic E-state index is 11.1. The summed E-state index contributed by atoms with van der Waals surface area (Å²) in [5, 5.41) is 0. The lowest BCUT2D eigenvalue weighted by Crippen LogP contribution is -1.99. The number of furan rings is 1. The molecule has 0 unspecified atom stereocenters. The number of carbonyl (C=O) groups is 2. The van der Waals surface area contributed by atoms with E-state index in [1.807, 2.05) is 0 Å². The van der Waals surface area contributed by atoms with Gasteiger partial charge in [0.2, 0.25) is 5.78 Å². The van der Waals surface area contributed by atoms with E-state index in [9.17, 15) is 9.59 Å². The average Bonchev–Trinajstić information content (AvgIpc) is 2.70. The summed E-state index contributed by atoms with van der Waals surface area (Å²) in [5.74, 6) is -0.412. The van der Waals surface area contributed by atoms with E-state index in [1.165, 1.54) is 12.3 Å². The second kappa shape index (κ2) is 2.90. The third-order valence-corrected chi connectivity index (χ3v) is 1.68. The maximum atomic E-state index is 11.1. The van der Waals surface area contributed by atoms with Crippen molar-refractivity contribution in [3.63, 3.8) is 0 Å². The minimum Gasteiger partial charge on any atom is -0.465 e. The highest BCUT2D eigenvalue weighted by atomic mass is 16.5. The number of ketones is 1. The Balaban J connectivity index is 2.34. The van der Waals surface area contributed by atoms with E-state index >= 15 is 0 Å². The van der Waals surface area contributed by atoms with Crippen LogP contribution < -0.4 is 0 Å². The van der Waals surface area contributed by atoms with Gasteiger partial charge in [0.25, 0.3) is 0 Å². The molecule has 1 aliphatic rings. The van der Waals surface area contributed by atoms with Gasteiger partial charge in [0.05, 0.1) is 6.26 Å². The van der Waals surface area contributed by atoms with Crippen molar-refractivity contribution in [1.82, 2.24) is 0 Å². The Hall–Kier alpha value is -1.84. The first-order chi connectivity index (χ1) is 6.27. The molecular weight excluding hydrogens is 172 g/mol. The summed E-state index contributed by atoms with van der Waals surface area (Å²) in [6.07, 6.45) is 2.86. The van der Waals surface area contributed by atoms with Gasteiger partial charge < -0.3 is 9.15 Å². The first-order valence-corrected chi connectivity index (χ1v) is 3.73. The quantitative estimate of drug-likeness (QED) is 0.362. The van der Waals surface area contributed by atoms with Crippen LogP contribution >= 0.6 is 0 Å². The molecule has 0 aromatic carbocycles. The van der Waals surface area contributed by atoms with Crippen LogP contribution in [-0.2, 0) is 14.3 Å². The molecule has 4 heteroatoms. The van der Waals surface area contributed by atoms with Gasteiger partial charge in [-0.05, 0) is 18.2 Å². The Kier molecular flexibility index (Phi) is 1.73. The zero-order chi connectivity index (χ0) is 9.26. The lowest BCUT2D eigenvalue weighted by Gasteiger charge is -1.87. The summed E-state index contributed by atoms with van der Waals surface area (Å²) < 4.78 is 9.48. The molecule has 1 aliphatic heterocycles. The van der Waals surface area contributed by atoms with Gasteiger partial charge in [0.15, 0.2) is 6.61 Å². The monoisotopic (exact) mass is 178 g/mol. The number of hydrogen-bond donors (Lipinski definition) is 0. The zero-order valence-electron chi connectivity index (χ0n) is 6.65. The molecule has 0 bridgehead atoms. The molecule has 1 fully saturated rings. The van der Waals surface area contributed by atoms with Crippen LogP contribution in [-0.4, -0.2) is 18.4 Å². The molecule has 0 amide bonds. The molecule has 0 spiro atoms. The second-order valence-electron chi connectivity index (χ2n) is 2.57. The lowest BCUT2D eigenvalue weighted by molar-refractivity contribution is -0.135. The minimum atomic E-state index is -0.582. The number of carbonyl (C=O) groups excluding carboxylic acids is 2. The predicted molar refractivity (Wildman–Crippen MR) is 42.7 cm³/mol. The van der Waals surface area contributed by atoms with E-state index in [0.29, 0.717) is 5.76 Å². The summed E-state index contributed by atoms with van der Waals surface area (Å²) in [6, 6.07) is 3.34. The van der Waals surface area contributed by atoms with E-state index in [0.717, 1.165) is 0 Å². The Morgan fingerprint density at radius 2 is 2.23 bits per heavy atom. The van der Waals surface area contributed by atoms with E-state index in [2.05, 4.69) is 4.74 Å². The van der Waals surface area contributed by atoms with Crippen molar-refractivity contribution in [2.24, 2.45) is 0 Å². The summed E-state index contributed by atoms with van der Waals surface area (Å²) in [5.41, 5.74) is 0.0509. The van der Waals surface area contributed by atoms with Crippen molar-refractivity contribution in [3.8, 4) is 0 Å². The van der Waals surface area contributed by atoms with Crippen molar-refractivity contribution in [3.05, 3.63) is 29.7 Å². The van der Waals surface area contributed by atoms with Crippen LogP contribution in [0.4, 0.5) is 0 Å². The van der Waals surface area contributed by atoms with Gasteiger partial charge in [-0.2, -0.15) is 0 Å². The van der Waals surface area contributed by atoms with Crippen LogP contribution in [0.15, 0.2) is 28.4 Å². The normalized spacial score (nSPS) is 19.5. The third-order valence-electron chi connectivity index (χ3n) is 1.68. The van der Waals surface area contributed by atoms with Crippen molar-refractivity contribution in [2.75, 3.05) is 6.61 Å². The fourth-order valence-electron chi connectivity index (χ4n) is 1.06. The summed E-state index contributed by atoms with van der Waals surface area (Å²) in [4.78, 5) is 22.0. The Labute approximate surface area is 73.8 Å². The maximum Gasteiger partial charge on any atom is 0.342 e. The molecule has 0 saturated carbocycles. The first-order valence-electron chi connectivity index (χ1n) is 3.73. The molecular formula is C9H6O4. The molecule has 13 heavy (non-hydrogen) atoms. The Morgan fingerprint density at radius 3 is 2.77 bits per heavy atom. The Bertz CT molecular complexity index is 354. The first kappa shape index (κ1) is 7.79. The number of hydrogen-bond acceptors (Lipinski definition) is 4. The minimum absolute atomic E-state index is 0.0509. The zero-order valence-corrected chi connectivity index (χ0v) is 6.65. The number of cyclic esters (lactones) is 1. The molecule has 2 rings (SSSR count). The van der Waals surface area contributed by atoms with Crippen molar-refractivity contribution in [1.29, 1.82) is 0 Å². The highest BCUT2D eigenvalue weighted by Crippen LogP contribution is 2.14. The largest absolute Gasteiger partial charge is 0.465 e. The average molecular weight is 178 g/mol. The molecule has 0 N–H and O–H groups in total. The molecule has 0 atom stereocenters. The molecule has 4 nitrogen and oxygen atoms in total. The van der Waals surface area contributed by atoms with Gasteiger partial charge in [-0.15, -0.1) is 0 Å². The fraction of sp³-hybridized carbons (Fsp3) is 0.111. The van der Waals surface area contributed by atoms with Crippen molar-refractivity contribution >= 4 is 17.8 Å². The number of esters is 1. The molecule has 1 aromatic heterocycles. The molecule has 2 heterocycles. The van der Waals surface area contributed by atoms with Gasteiger partial charge >= 0.3 is 5.97 Å². The van der Waals surface area contributed by atoms with E-state index in [4.69, 9.17) is 4.42 Å². The van der Waals surface area contributed by atoms with Gasteiger partial charge in [-0.1, -0.05) is 0 Å². The molecule has 66 valence electrons. The number of ether oxygens (including phenoxy) is 1. The molecule has 0 aliphatic carbocycles. The smallest absolute Gasteiger partial charge is 0.342 e. The van der Waals surface area contributed by atoms with Gasteiger partial charge in [-0.25, -0.2) is 4.79 Å². The van der Waals surface area contributed by atoms with Crippen LogP contribution in [0.2, 0.25) is 0 Å². The van der Waals surface area contributed by atoms with Crippen molar-refractivity contribution < 1.29 is 18.7 Å². The SMILES string of the molecule is O=C1COC(=O)C1=Cc1ccco1. The van der Waals surface area contributed by atoms with E-state index in [-0.39, 0.29) is 18.0 Å². The topological polar surface area (TPSA) is 56.5 Å². The van der Waals surface area contributed by atoms with Gasteiger partial charge in [0.1, 0.15) is 11.3 Å². The standard InChI is InChI=1S/C9H6O4/c10-8-5-13-9(11)7(8)4-6-2-1-3-12-6/h1-4H,5H2. The van der Waals surface area contributed by atoms with Crippen LogP contribution in [0.1, 0.15) is 5.76 Å². The summed E-state index contributed by atoms with van der Waals surface area (Å²) in [6.45, 7) is -0.161. The second-order valence-corrected chi connectivity index (χ2v) is 2.57. The highest BCUT2D eigenvalue weighted by molar-refractivity contribution is 6.24. The molecule has 0 radical (unpaired) electrons. The van der Waals surface area contributed by atoms with E-state index in [1.54, 1.807) is 12.1 Å². The summed E-state index contributed by atoms with van der Waals surface area (Å²) in [7, 11) is 0. The molecule has 1 aromatic rings. The van der Waals surface area contributed by atoms with E-state index < -0.39 is 5.97 Å². The number of Topliss-reactive ketones (excluding diaryl/α,β-unsaturated/α-hetero) is 1. The highest BCUT2D eigenvalue weighted by Gasteiger charge is 2.28. The Morgan fingerprint density at radius 1 is 1.38 bits per heavy atom. The van der Waals surface area contributed by atoms with Crippen LogP contribution in [0.25, 0.3) is 6.08 Å². The van der Waals surface area contributed by atoms with Gasteiger partial charge in [-0.3, -0.25) is 4.79 Å². The van der Waals surface area contributed by atoms with Crippen LogP contribution in [0.3, 0.4) is 0 Å². The van der Waals surface area contributed by atoms with Crippen LogP contribution in [0, 0.1) is 0 Å². The van der Waals surface area contributed by atoms with Crippen molar-refractivity contribution in [2.45, 2.75) is 0 Å². The predicted octanol–water partition coefficient (Wildman–Crippen LogP) is 0.789. The van der Waals surface area contributed by atoms with Gasteiger partial charge in [0, 0.05) is 0 Å².